The average Bonchev–Trinajstić information content (AvgIpc) is 2.46. The number of hydrogen-bond donors (Lipinski definition) is 3. The molecule has 0 aromatic carbocycles. The summed E-state index contributed by atoms with van der Waals surface area (Å²) in [6.45, 7) is 0. The lowest BCUT2D eigenvalue weighted by Gasteiger charge is -2.10. The maximum absolute atomic E-state index is 8.31. The standard InChI is InChI=1S/C5H12BNO3/c7-5(10-6(8)9)3-4-1-2-4/h4-5,8-9H,1-3,7H2. The predicted octanol–water partition coefficient (Wildman–Crippen LogP) is -0.943. The van der Waals surface area contributed by atoms with E-state index in [0.29, 0.717) is 5.92 Å². The maximum Gasteiger partial charge on any atom is 0.635 e. The molecule has 0 amide bonds. The van der Waals surface area contributed by atoms with Crippen molar-refractivity contribution in [3.8, 4) is 0 Å². The Balaban J connectivity index is 2.02. The lowest BCUT2D eigenvalue weighted by atomic mass is 10.2. The minimum atomic E-state index is -1.73. The van der Waals surface area contributed by atoms with Crippen LogP contribution in [-0.4, -0.2) is 23.6 Å². The third-order valence-corrected chi connectivity index (χ3v) is 1.56. The molecule has 10 heavy (non-hydrogen) atoms. The highest BCUT2D eigenvalue weighted by Crippen LogP contribution is 2.33. The van der Waals surface area contributed by atoms with Crippen molar-refractivity contribution < 1.29 is 14.7 Å². The van der Waals surface area contributed by atoms with Gasteiger partial charge in [-0.15, -0.1) is 0 Å². The Morgan fingerprint density at radius 1 is 1.60 bits per heavy atom. The van der Waals surface area contributed by atoms with Crippen molar-refractivity contribution in [2.75, 3.05) is 0 Å². The van der Waals surface area contributed by atoms with Gasteiger partial charge in [0.2, 0.25) is 0 Å². The van der Waals surface area contributed by atoms with E-state index >= 15 is 0 Å². The van der Waals surface area contributed by atoms with E-state index in [1.54, 1.807) is 0 Å². The Kier molecular flexibility index (Phi) is 2.68. The van der Waals surface area contributed by atoms with E-state index in [2.05, 4.69) is 4.65 Å². The highest BCUT2D eigenvalue weighted by atomic mass is 16.6. The van der Waals surface area contributed by atoms with Crippen LogP contribution < -0.4 is 5.73 Å². The van der Waals surface area contributed by atoms with E-state index in [1.165, 1.54) is 12.8 Å². The van der Waals surface area contributed by atoms with Gasteiger partial charge in [0.1, 0.15) is 0 Å². The van der Waals surface area contributed by atoms with Gasteiger partial charge in [0.05, 0.1) is 6.23 Å². The van der Waals surface area contributed by atoms with Crippen LogP contribution in [0.1, 0.15) is 19.3 Å². The normalized spacial score (nSPS) is 20.7. The third-order valence-electron chi connectivity index (χ3n) is 1.56. The summed E-state index contributed by atoms with van der Waals surface area (Å²) in [7, 11) is -1.73. The lowest BCUT2D eigenvalue weighted by molar-refractivity contribution is 0.112. The largest absolute Gasteiger partial charge is 0.635 e. The lowest BCUT2D eigenvalue weighted by Crippen LogP contribution is -2.32. The second-order valence-corrected chi connectivity index (χ2v) is 2.68. The maximum atomic E-state index is 8.31. The summed E-state index contributed by atoms with van der Waals surface area (Å²) in [5, 5.41) is 16.6. The van der Waals surface area contributed by atoms with Gasteiger partial charge in [-0.1, -0.05) is 12.8 Å². The molecular formula is C5H12BNO3. The Hall–Kier alpha value is -0.0951. The average molecular weight is 145 g/mol. The molecule has 0 radical (unpaired) electrons. The van der Waals surface area contributed by atoms with Crippen molar-refractivity contribution in [3.63, 3.8) is 0 Å². The second kappa shape index (κ2) is 3.34. The third kappa shape index (κ3) is 3.17. The fourth-order valence-corrected chi connectivity index (χ4v) is 0.894. The molecule has 0 aliphatic heterocycles. The molecule has 0 spiro atoms. The van der Waals surface area contributed by atoms with Crippen LogP contribution in [0.4, 0.5) is 0 Å². The highest BCUT2D eigenvalue weighted by molar-refractivity contribution is 6.32. The van der Waals surface area contributed by atoms with Crippen molar-refractivity contribution in [3.05, 3.63) is 0 Å². The van der Waals surface area contributed by atoms with E-state index in [4.69, 9.17) is 15.8 Å². The van der Waals surface area contributed by atoms with Gasteiger partial charge < -0.3 is 20.4 Å². The van der Waals surface area contributed by atoms with Crippen molar-refractivity contribution >= 4 is 7.32 Å². The zero-order valence-electron chi connectivity index (χ0n) is 5.73. The van der Waals surface area contributed by atoms with Crippen LogP contribution in [0.5, 0.6) is 0 Å². The molecule has 0 aromatic heterocycles. The molecule has 0 aromatic rings. The molecule has 0 bridgehead atoms. The van der Waals surface area contributed by atoms with Crippen LogP contribution in [0.15, 0.2) is 0 Å². The molecule has 5 heteroatoms. The molecule has 1 atom stereocenters. The predicted molar refractivity (Wildman–Crippen MR) is 36.6 cm³/mol. The highest BCUT2D eigenvalue weighted by Gasteiger charge is 2.26. The van der Waals surface area contributed by atoms with Gasteiger partial charge in [0.15, 0.2) is 0 Å². The van der Waals surface area contributed by atoms with Gasteiger partial charge in [0.25, 0.3) is 0 Å². The van der Waals surface area contributed by atoms with Crippen molar-refractivity contribution in [1.29, 1.82) is 0 Å². The summed E-state index contributed by atoms with van der Waals surface area (Å²) in [4.78, 5) is 0. The Morgan fingerprint density at radius 2 is 2.20 bits per heavy atom. The zero-order chi connectivity index (χ0) is 7.56. The molecule has 0 saturated heterocycles. The Morgan fingerprint density at radius 3 is 2.60 bits per heavy atom. The molecule has 4 N–H and O–H groups in total. The molecule has 4 nitrogen and oxygen atoms in total. The molecular weight excluding hydrogens is 133 g/mol. The topological polar surface area (TPSA) is 75.7 Å². The van der Waals surface area contributed by atoms with Gasteiger partial charge in [-0.25, -0.2) is 0 Å². The van der Waals surface area contributed by atoms with E-state index in [0.717, 1.165) is 6.42 Å². The fourth-order valence-electron chi connectivity index (χ4n) is 0.894. The summed E-state index contributed by atoms with van der Waals surface area (Å²) in [6.07, 6.45) is 2.60. The molecule has 1 aliphatic rings. The summed E-state index contributed by atoms with van der Waals surface area (Å²) in [6, 6.07) is 0. The fraction of sp³-hybridized carbons (Fsp3) is 1.00. The van der Waals surface area contributed by atoms with Crippen molar-refractivity contribution in [2.24, 2.45) is 11.7 Å². The van der Waals surface area contributed by atoms with Crippen LogP contribution in [-0.2, 0) is 4.65 Å². The quantitative estimate of drug-likeness (QED) is 0.352. The van der Waals surface area contributed by atoms with E-state index in [1.807, 2.05) is 0 Å². The van der Waals surface area contributed by atoms with Crippen LogP contribution in [0.25, 0.3) is 0 Å². The molecule has 1 saturated carbocycles. The molecule has 1 fully saturated rings. The minimum absolute atomic E-state index is 0.521. The number of hydrogen-bond acceptors (Lipinski definition) is 4. The van der Waals surface area contributed by atoms with Gasteiger partial charge >= 0.3 is 7.32 Å². The van der Waals surface area contributed by atoms with Crippen LogP contribution >= 0.6 is 0 Å². The van der Waals surface area contributed by atoms with Crippen LogP contribution in [0.2, 0.25) is 0 Å². The first-order chi connectivity index (χ1) is 4.68. The van der Waals surface area contributed by atoms with Crippen molar-refractivity contribution in [2.45, 2.75) is 25.5 Å². The van der Waals surface area contributed by atoms with Gasteiger partial charge in [0, 0.05) is 0 Å². The Bertz CT molecular complexity index is 103. The molecule has 1 rings (SSSR count). The number of rotatable bonds is 4. The summed E-state index contributed by atoms with van der Waals surface area (Å²) in [5.74, 6) is 0.647. The van der Waals surface area contributed by atoms with Gasteiger partial charge in [-0.05, 0) is 12.3 Å². The summed E-state index contributed by atoms with van der Waals surface area (Å²) in [5.41, 5.74) is 5.37. The SMILES string of the molecule is NC(CC1CC1)OB(O)O. The smallest absolute Gasteiger partial charge is 0.402 e. The summed E-state index contributed by atoms with van der Waals surface area (Å²) < 4.78 is 4.49. The van der Waals surface area contributed by atoms with E-state index in [9.17, 15) is 0 Å². The summed E-state index contributed by atoms with van der Waals surface area (Å²) >= 11 is 0. The van der Waals surface area contributed by atoms with Crippen LogP contribution in [0, 0.1) is 5.92 Å². The van der Waals surface area contributed by atoms with E-state index in [-0.39, 0.29) is 0 Å². The first-order valence-corrected chi connectivity index (χ1v) is 3.45. The number of nitrogens with two attached hydrogens (primary N) is 1. The first-order valence-electron chi connectivity index (χ1n) is 3.45. The molecule has 58 valence electrons. The van der Waals surface area contributed by atoms with E-state index < -0.39 is 13.5 Å². The minimum Gasteiger partial charge on any atom is -0.402 e. The van der Waals surface area contributed by atoms with Gasteiger partial charge in [-0.2, -0.15) is 0 Å². The molecule has 1 aliphatic carbocycles. The van der Waals surface area contributed by atoms with Gasteiger partial charge in [-0.3, -0.25) is 0 Å². The molecule has 0 heterocycles. The monoisotopic (exact) mass is 145 g/mol. The van der Waals surface area contributed by atoms with Crippen LogP contribution in [0.3, 0.4) is 0 Å². The molecule has 1 unspecified atom stereocenters. The second-order valence-electron chi connectivity index (χ2n) is 2.68. The first kappa shape index (κ1) is 8.01. The Labute approximate surface area is 60.2 Å². The zero-order valence-corrected chi connectivity index (χ0v) is 5.73. The van der Waals surface area contributed by atoms with Crippen molar-refractivity contribution in [1.82, 2.24) is 0 Å².